The first-order chi connectivity index (χ1) is 15.3. The molecular weight excluding hydrogens is 412 g/mol. The van der Waals surface area contributed by atoms with Gasteiger partial charge in [0.05, 0.1) is 19.0 Å². The number of carboxylic acid groups (broad SMARTS) is 1. The van der Waals surface area contributed by atoms with Crippen LogP contribution in [0.3, 0.4) is 0 Å². The van der Waals surface area contributed by atoms with Gasteiger partial charge in [-0.3, -0.25) is 4.79 Å². The molecule has 4 rings (SSSR count). The van der Waals surface area contributed by atoms with Gasteiger partial charge < -0.3 is 25.2 Å². The number of rotatable bonds is 7. The molecule has 3 N–H and O–H groups in total. The van der Waals surface area contributed by atoms with Gasteiger partial charge in [-0.1, -0.05) is 55.5 Å². The van der Waals surface area contributed by atoms with E-state index in [4.69, 9.17) is 9.84 Å². The van der Waals surface area contributed by atoms with Gasteiger partial charge >= 0.3 is 12.1 Å². The van der Waals surface area contributed by atoms with Crippen molar-refractivity contribution in [2.45, 2.75) is 24.9 Å². The third-order valence-corrected chi connectivity index (χ3v) is 6.29. The molecule has 0 saturated carbocycles. The number of fused-ring (bicyclic) bond motifs is 3. The largest absolute Gasteiger partial charge is 0.479 e. The predicted molar refractivity (Wildman–Crippen MR) is 116 cm³/mol. The number of carbonyl (C=O) groups is 3. The van der Waals surface area contributed by atoms with Crippen LogP contribution in [0.2, 0.25) is 0 Å². The summed E-state index contributed by atoms with van der Waals surface area (Å²) in [7, 11) is 0. The number of aliphatic hydroxyl groups is 1. The molecule has 0 bridgehead atoms. The standard InChI is InChI=1S/C24H26N2O6/c1-2-15(21(27)26-13-24(31,14-26)22(28)29)11-25-23(30)32-12-20-18-9-5-3-7-16(18)17-8-4-6-10-19(17)20/h3-10,15,20,31H,2,11-14H2,1H3,(H,25,30)(H,28,29). The summed E-state index contributed by atoms with van der Waals surface area (Å²) in [6.07, 6.45) is -0.145. The molecule has 1 heterocycles. The number of aliphatic carboxylic acids is 1. The number of nitrogens with one attached hydrogen (secondary N) is 1. The Labute approximate surface area is 185 Å². The quantitative estimate of drug-likeness (QED) is 0.610. The molecule has 1 aliphatic heterocycles. The molecule has 32 heavy (non-hydrogen) atoms. The van der Waals surface area contributed by atoms with Crippen molar-refractivity contribution in [2.24, 2.45) is 5.92 Å². The minimum absolute atomic E-state index is 0.0495. The number of hydrogen-bond donors (Lipinski definition) is 3. The van der Waals surface area contributed by atoms with Crippen LogP contribution in [0.25, 0.3) is 11.1 Å². The van der Waals surface area contributed by atoms with Crippen LogP contribution in [0.5, 0.6) is 0 Å². The van der Waals surface area contributed by atoms with Crippen LogP contribution in [0.4, 0.5) is 4.79 Å². The van der Waals surface area contributed by atoms with Crippen molar-refractivity contribution in [1.82, 2.24) is 10.2 Å². The number of hydrogen-bond acceptors (Lipinski definition) is 5. The molecule has 2 aromatic rings. The molecule has 0 radical (unpaired) electrons. The van der Waals surface area contributed by atoms with Crippen molar-refractivity contribution in [3.8, 4) is 11.1 Å². The molecule has 1 fully saturated rings. The molecule has 0 aromatic heterocycles. The van der Waals surface area contributed by atoms with Gasteiger partial charge in [-0.25, -0.2) is 9.59 Å². The van der Waals surface area contributed by atoms with E-state index in [-0.39, 0.29) is 38.1 Å². The number of amides is 2. The lowest BCUT2D eigenvalue weighted by Crippen LogP contribution is -2.68. The van der Waals surface area contributed by atoms with E-state index >= 15 is 0 Å². The molecule has 1 unspecified atom stereocenters. The molecular formula is C24H26N2O6. The van der Waals surface area contributed by atoms with Crippen LogP contribution < -0.4 is 5.32 Å². The van der Waals surface area contributed by atoms with Crippen molar-refractivity contribution in [3.05, 3.63) is 59.7 Å². The Balaban J connectivity index is 1.31. The van der Waals surface area contributed by atoms with Gasteiger partial charge in [0.1, 0.15) is 6.61 Å². The van der Waals surface area contributed by atoms with Crippen LogP contribution >= 0.6 is 0 Å². The molecule has 8 nitrogen and oxygen atoms in total. The Morgan fingerprint density at radius 3 is 2.19 bits per heavy atom. The summed E-state index contributed by atoms with van der Waals surface area (Å²) in [5, 5.41) is 21.4. The van der Waals surface area contributed by atoms with E-state index in [2.05, 4.69) is 17.4 Å². The summed E-state index contributed by atoms with van der Waals surface area (Å²) >= 11 is 0. The van der Waals surface area contributed by atoms with Gasteiger partial charge in [0, 0.05) is 12.5 Å². The van der Waals surface area contributed by atoms with Crippen molar-refractivity contribution in [3.63, 3.8) is 0 Å². The number of carbonyl (C=O) groups excluding carboxylic acids is 2. The third-order valence-electron chi connectivity index (χ3n) is 6.29. The van der Waals surface area contributed by atoms with E-state index in [1.807, 2.05) is 43.3 Å². The predicted octanol–water partition coefficient (Wildman–Crippen LogP) is 2.21. The van der Waals surface area contributed by atoms with Crippen LogP contribution in [0.1, 0.15) is 30.4 Å². The van der Waals surface area contributed by atoms with E-state index in [0.29, 0.717) is 6.42 Å². The van der Waals surface area contributed by atoms with Crippen molar-refractivity contribution in [2.75, 3.05) is 26.2 Å². The zero-order valence-corrected chi connectivity index (χ0v) is 17.8. The number of ether oxygens (including phenoxy) is 1. The second-order valence-electron chi connectivity index (χ2n) is 8.34. The lowest BCUT2D eigenvalue weighted by atomic mass is 9.92. The Hall–Kier alpha value is -3.39. The van der Waals surface area contributed by atoms with E-state index in [9.17, 15) is 19.5 Å². The zero-order valence-electron chi connectivity index (χ0n) is 17.8. The summed E-state index contributed by atoms with van der Waals surface area (Å²) in [6, 6.07) is 16.1. The van der Waals surface area contributed by atoms with Gasteiger partial charge in [-0.15, -0.1) is 0 Å². The van der Waals surface area contributed by atoms with E-state index in [1.54, 1.807) is 0 Å². The average molecular weight is 438 g/mol. The van der Waals surface area contributed by atoms with Gasteiger partial charge in [0.15, 0.2) is 5.60 Å². The second kappa shape index (κ2) is 8.63. The molecule has 1 saturated heterocycles. The average Bonchev–Trinajstić information content (AvgIpc) is 3.09. The highest BCUT2D eigenvalue weighted by atomic mass is 16.5. The van der Waals surface area contributed by atoms with Gasteiger partial charge in [-0.2, -0.15) is 0 Å². The van der Waals surface area contributed by atoms with Crippen molar-refractivity contribution < 1.29 is 29.3 Å². The first-order valence-corrected chi connectivity index (χ1v) is 10.7. The molecule has 2 aliphatic rings. The Morgan fingerprint density at radius 1 is 1.09 bits per heavy atom. The molecule has 8 heteroatoms. The third kappa shape index (κ3) is 3.93. The Morgan fingerprint density at radius 2 is 1.66 bits per heavy atom. The fourth-order valence-electron chi connectivity index (χ4n) is 4.40. The monoisotopic (exact) mass is 438 g/mol. The lowest BCUT2D eigenvalue weighted by molar-refractivity contribution is -0.183. The fourth-order valence-corrected chi connectivity index (χ4v) is 4.40. The number of β-amino-alcohol motifs (C(OH)–C–C–N with tert-alkyl or cyclic N) is 1. The summed E-state index contributed by atoms with van der Waals surface area (Å²) in [4.78, 5) is 37.2. The topological polar surface area (TPSA) is 116 Å². The number of alkyl carbamates (subject to hydrolysis) is 1. The minimum Gasteiger partial charge on any atom is -0.479 e. The first kappa shape index (κ1) is 21.8. The van der Waals surface area contributed by atoms with Crippen molar-refractivity contribution >= 4 is 18.0 Å². The SMILES string of the molecule is CCC(CNC(=O)OCC1c2ccccc2-c2ccccc21)C(=O)N1CC(O)(C(=O)O)C1. The van der Waals surface area contributed by atoms with Crippen LogP contribution in [-0.2, 0) is 14.3 Å². The van der Waals surface area contributed by atoms with Gasteiger partial charge in [0.2, 0.25) is 5.91 Å². The molecule has 2 amide bonds. The summed E-state index contributed by atoms with van der Waals surface area (Å²) in [5.41, 5.74) is 2.64. The second-order valence-corrected chi connectivity index (χ2v) is 8.34. The normalized spacial score (nSPS) is 17.0. The first-order valence-electron chi connectivity index (χ1n) is 10.7. The van der Waals surface area contributed by atoms with Gasteiger partial charge in [-0.05, 0) is 28.7 Å². The maximum atomic E-state index is 12.6. The highest BCUT2D eigenvalue weighted by molar-refractivity contribution is 5.86. The zero-order chi connectivity index (χ0) is 22.9. The highest BCUT2D eigenvalue weighted by Crippen LogP contribution is 2.44. The maximum absolute atomic E-state index is 12.6. The number of carboxylic acids is 1. The Bertz CT molecular complexity index is 1000. The number of likely N-dealkylation sites (tertiary alicyclic amines) is 1. The number of nitrogens with zero attached hydrogens (tertiary/aromatic N) is 1. The van der Waals surface area contributed by atoms with Crippen LogP contribution in [0.15, 0.2) is 48.5 Å². The van der Waals surface area contributed by atoms with E-state index in [0.717, 1.165) is 22.3 Å². The molecule has 1 aliphatic carbocycles. The fraction of sp³-hybridized carbons (Fsp3) is 0.375. The van der Waals surface area contributed by atoms with E-state index in [1.165, 1.54) is 4.90 Å². The number of benzene rings is 2. The van der Waals surface area contributed by atoms with Crippen LogP contribution in [0, 0.1) is 5.92 Å². The van der Waals surface area contributed by atoms with Crippen molar-refractivity contribution in [1.29, 1.82) is 0 Å². The highest BCUT2D eigenvalue weighted by Gasteiger charge is 2.50. The Kier molecular flexibility index (Phi) is 5.88. The minimum atomic E-state index is -1.88. The van der Waals surface area contributed by atoms with Gasteiger partial charge in [0.25, 0.3) is 0 Å². The maximum Gasteiger partial charge on any atom is 0.407 e. The smallest absolute Gasteiger partial charge is 0.407 e. The van der Waals surface area contributed by atoms with Crippen LogP contribution in [-0.4, -0.2) is 64.9 Å². The summed E-state index contributed by atoms with van der Waals surface area (Å²) in [6.45, 7) is 1.58. The molecule has 168 valence electrons. The summed E-state index contributed by atoms with van der Waals surface area (Å²) in [5.74, 6) is -2.20. The molecule has 0 spiro atoms. The van der Waals surface area contributed by atoms with E-state index < -0.39 is 23.6 Å². The molecule has 1 atom stereocenters. The summed E-state index contributed by atoms with van der Waals surface area (Å²) < 4.78 is 5.49. The lowest BCUT2D eigenvalue weighted by Gasteiger charge is -2.44. The molecule has 2 aromatic carbocycles.